The fourth-order valence-corrected chi connectivity index (χ4v) is 4.81. The van der Waals surface area contributed by atoms with E-state index < -0.39 is 61.8 Å². The standard InChI is InChI=1S/C18H17F3NO7P/c19-11-2-1-3-12(20)10(11)4-5-26-30(25)27-9-16-15(29-30)7-18(28-16)22-8-13(21)14(23)6-17(22)24/h1-3,8,15-16,18H,4-7,9H2/t15-,16+,18+,30?/m0/s1. The van der Waals surface area contributed by atoms with Crippen LogP contribution in [0.25, 0.3) is 0 Å². The molecule has 4 rings (SSSR count). The number of hydrogen-bond donors (Lipinski definition) is 0. The van der Waals surface area contributed by atoms with Crippen LogP contribution < -0.4 is 0 Å². The lowest BCUT2D eigenvalue weighted by Gasteiger charge is -2.30. The van der Waals surface area contributed by atoms with Gasteiger partial charge in [0.1, 0.15) is 30.1 Å². The Morgan fingerprint density at radius 3 is 2.63 bits per heavy atom. The molecule has 3 aliphatic heterocycles. The average molecular weight is 447 g/mol. The third-order valence-electron chi connectivity index (χ3n) is 4.93. The van der Waals surface area contributed by atoms with Crippen LogP contribution in [0, 0.1) is 11.6 Å². The Kier molecular flexibility index (Phi) is 5.82. The zero-order valence-corrected chi connectivity index (χ0v) is 16.4. The molecule has 2 saturated heterocycles. The second-order valence-corrected chi connectivity index (χ2v) is 8.53. The number of amides is 1. The average Bonchev–Trinajstić information content (AvgIpc) is 3.09. The van der Waals surface area contributed by atoms with Gasteiger partial charge < -0.3 is 4.74 Å². The topological polar surface area (TPSA) is 91.4 Å². The number of halogens is 3. The van der Waals surface area contributed by atoms with Crippen molar-refractivity contribution in [1.29, 1.82) is 0 Å². The van der Waals surface area contributed by atoms with Crippen molar-refractivity contribution in [2.75, 3.05) is 13.2 Å². The molecule has 3 heterocycles. The predicted octanol–water partition coefficient (Wildman–Crippen LogP) is 2.77. The number of ketones is 1. The minimum absolute atomic E-state index is 0.0486. The number of nitrogens with zero attached hydrogens (tertiary/aromatic N) is 1. The lowest BCUT2D eigenvalue weighted by Crippen LogP contribution is -2.40. The van der Waals surface area contributed by atoms with Gasteiger partial charge in [0.15, 0.2) is 5.83 Å². The van der Waals surface area contributed by atoms with Crippen molar-refractivity contribution in [1.82, 2.24) is 4.90 Å². The minimum Gasteiger partial charge on any atom is -0.349 e. The van der Waals surface area contributed by atoms with Gasteiger partial charge >= 0.3 is 7.82 Å². The van der Waals surface area contributed by atoms with E-state index in [-0.39, 0.29) is 31.6 Å². The van der Waals surface area contributed by atoms with E-state index in [0.29, 0.717) is 0 Å². The molecule has 0 spiro atoms. The molecule has 1 unspecified atom stereocenters. The van der Waals surface area contributed by atoms with Crippen LogP contribution in [-0.4, -0.2) is 48.2 Å². The predicted molar refractivity (Wildman–Crippen MR) is 93.4 cm³/mol. The monoisotopic (exact) mass is 447 g/mol. The van der Waals surface area contributed by atoms with Crippen molar-refractivity contribution >= 4 is 19.5 Å². The Hall–Kier alpha value is -2.04. The van der Waals surface area contributed by atoms with Crippen LogP contribution >= 0.6 is 7.82 Å². The highest BCUT2D eigenvalue weighted by atomic mass is 31.2. The number of rotatable bonds is 5. The minimum atomic E-state index is -4.03. The summed E-state index contributed by atoms with van der Waals surface area (Å²) in [5.74, 6) is -4.09. The Morgan fingerprint density at radius 2 is 1.90 bits per heavy atom. The van der Waals surface area contributed by atoms with Gasteiger partial charge in [-0.1, -0.05) is 6.07 Å². The molecule has 0 radical (unpaired) electrons. The molecule has 0 aliphatic carbocycles. The largest absolute Gasteiger partial charge is 0.475 e. The van der Waals surface area contributed by atoms with Crippen molar-refractivity contribution in [2.45, 2.75) is 37.7 Å². The lowest BCUT2D eigenvalue weighted by molar-refractivity contribution is -0.146. The van der Waals surface area contributed by atoms with E-state index in [1.54, 1.807) is 0 Å². The molecular weight excluding hydrogens is 430 g/mol. The molecule has 8 nitrogen and oxygen atoms in total. The molecule has 162 valence electrons. The van der Waals surface area contributed by atoms with Crippen molar-refractivity contribution in [3.05, 3.63) is 47.4 Å². The van der Waals surface area contributed by atoms with Crippen LogP contribution in [0.5, 0.6) is 0 Å². The van der Waals surface area contributed by atoms with Crippen LogP contribution in [-0.2, 0) is 38.9 Å². The van der Waals surface area contributed by atoms with Crippen LogP contribution in [0.15, 0.2) is 30.2 Å². The Morgan fingerprint density at radius 1 is 1.17 bits per heavy atom. The lowest BCUT2D eigenvalue weighted by atomic mass is 10.1. The maximum atomic E-state index is 13.7. The number of carbonyl (C=O) groups is 2. The van der Waals surface area contributed by atoms with E-state index in [2.05, 4.69) is 0 Å². The van der Waals surface area contributed by atoms with Gasteiger partial charge in [0.25, 0.3) is 0 Å². The molecule has 1 aromatic carbocycles. The first-order valence-electron chi connectivity index (χ1n) is 9.13. The Labute approximate surface area is 169 Å². The van der Waals surface area contributed by atoms with Gasteiger partial charge in [-0.25, -0.2) is 17.7 Å². The number of ether oxygens (including phenoxy) is 1. The third kappa shape index (κ3) is 4.21. The van der Waals surface area contributed by atoms with Crippen LogP contribution in [0.1, 0.15) is 18.4 Å². The number of benzene rings is 1. The smallest absolute Gasteiger partial charge is 0.349 e. The number of fused-ring (bicyclic) bond motifs is 1. The SMILES string of the molecule is O=C1CC(=O)N([C@H]2C[C@@H]3OP(=O)(OCCc4c(F)cccc4F)OC[C@H]3O2)C=C1F. The molecule has 1 amide bonds. The van der Waals surface area contributed by atoms with Gasteiger partial charge in [0, 0.05) is 24.6 Å². The fourth-order valence-electron chi connectivity index (χ4n) is 3.41. The second kappa shape index (κ2) is 8.24. The Balaban J connectivity index is 1.36. The summed E-state index contributed by atoms with van der Waals surface area (Å²) in [7, 11) is -4.03. The summed E-state index contributed by atoms with van der Waals surface area (Å²) in [5, 5.41) is 0. The highest BCUT2D eigenvalue weighted by Crippen LogP contribution is 2.56. The van der Waals surface area contributed by atoms with E-state index >= 15 is 0 Å². The number of Topliss-reactive ketones (excluding diaryl/α,β-unsaturated/α-hetero) is 1. The molecule has 12 heteroatoms. The van der Waals surface area contributed by atoms with E-state index in [1.165, 1.54) is 6.07 Å². The summed E-state index contributed by atoms with van der Waals surface area (Å²) in [4.78, 5) is 24.2. The normalized spacial score (nSPS) is 31.6. The molecule has 30 heavy (non-hydrogen) atoms. The van der Waals surface area contributed by atoms with E-state index in [0.717, 1.165) is 23.2 Å². The van der Waals surface area contributed by atoms with Crippen molar-refractivity contribution in [3.8, 4) is 0 Å². The maximum Gasteiger partial charge on any atom is 0.475 e. The molecule has 0 N–H and O–H groups in total. The fraction of sp³-hybridized carbons (Fsp3) is 0.444. The first-order chi connectivity index (χ1) is 14.3. The summed E-state index contributed by atoms with van der Waals surface area (Å²) in [6.07, 6.45) is -2.36. The summed E-state index contributed by atoms with van der Waals surface area (Å²) in [5.41, 5.74) is -0.213. The molecule has 0 bridgehead atoms. The highest BCUT2D eigenvalue weighted by molar-refractivity contribution is 7.48. The second-order valence-electron chi connectivity index (χ2n) is 6.91. The quantitative estimate of drug-likeness (QED) is 0.507. The molecule has 2 fully saturated rings. The Bertz CT molecular complexity index is 935. The number of phosphoric ester groups is 1. The van der Waals surface area contributed by atoms with E-state index in [4.69, 9.17) is 18.3 Å². The van der Waals surface area contributed by atoms with Crippen LogP contribution in [0.3, 0.4) is 0 Å². The van der Waals surface area contributed by atoms with E-state index in [9.17, 15) is 27.3 Å². The molecule has 1 aromatic rings. The molecule has 4 atom stereocenters. The van der Waals surface area contributed by atoms with E-state index in [1.807, 2.05) is 0 Å². The van der Waals surface area contributed by atoms with Gasteiger partial charge in [-0.05, 0) is 12.1 Å². The molecular formula is C18H17F3NO7P. The summed E-state index contributed by atoms with van der Waals surface area (Å²) in [6, 6.07) is 3.42. The third-order valence-corrected chi connectivity index (χ3v) is 6.43. The van der Waals surface area contributed by atoms with Crippen LogP contribution in [0.4, 0.5) is 13.2 Å². The number of hydrogen-bond acceptors (Lipinski definition) is 7. The zero-order chi connectivity index (χ0) is 21.5. The van der Waals surface area contributed by atoms with Gasteiger partial charge in [-0.2, -0.15) is 0 Å². The van der Waals surface area contributed by atoms with Crippen molar-refractivity contribution < 1.29 is 45.6 Å². The highest BCUT2D eigenvalue weighted by Gasteiger charge is 2.49. The number of allylic oxidation sites excluding steroid dienone is 1. The summed E-state index contributed by atoms with van der Waals surface area (Å²) in [6.45, 7) is -0.503. The summed E-state index contributed by atoms with van der Waals surface area (Å²) >= 11 is 0. The zero-order valence-electron chi connectivity index (χ0n) is 15.5. The van der Waals surface area contributed by atoms with Gasteiger partial charge in [-0.15, -0.1) is 0 Å². The first-order valence-corrected chi connectivity index (χ1v) is 10.6. The van der Waals surface area contributed by atoms with Crippen LogP contribution in [0.2, 0.25) is 0 Å². The number of phosphoric acid groups is 1. The van der Waals surface area contributed by atoms with Crippen molar-refractivity contribution in [2.24, 2.45) is 0 Å². The maximum absolute atomic E-state index is 13.7. The van der Waals surface area contributed by atoms with Gasteiger partial charge in [0.2, 0.25) is 11.7 Å². The van der Waals surface area contributed by atoms with Gasteiger partial charge in [0.05, 0.1) is 19.6 Å². The number of carbonyl (C=O) groups excluding carboxylic acids is 2. The van der Waals surface area contributed by atoms with Gasteiger partial charge in [-0.3, -0.25) is 28.1 Å². The first kappa shape index (κ1) is 21.2. The molecule has 3 aliphatic rings. The summed E-state index contributed by atoms with van der Waals surface area (Å²) < 4.78 is 74.8. The molecule has 0 saturated carbocycles. The van der Waals surface area contributed by atoms with Crippen molar-refractivity contribution in [3.63, 3.8) is 0 Å². The molecule has 0 aromatic heterocycles.